The number of rotatable bonds is 1. The molecule has 0 atom stereocenters. The van der Waals surface area contributed by atoms with Gasteiger partial charge < -0.3 is 10.6 Å². The molecule has 0 spiro atoms. The van der Waals surface area contributed by atoms with Crippen molar-refractivity contribution in [3.63, 3.8) is 0 Å². The molecule has 98 valence electrons. The molecular weight excluding hydrogens is 232 g/mol. The molecule has 2 heteroatoms. The minimum atomic E-state index is 0.837. The average Bonchev–Trinajstić information content (AvgIpc) is 2.61. The first-order valence-corrected chi connectivity index (χ1v) is 6.97. The van der Waals surface area contributed by atoms with Crippen molar-refractivity contribution in [2.45, 2.75) is 26.2 Å². The SMILES string of the molecule is Cc1cc(N)ccc1N1CCCCc2ccccc21. The minimum Gasteiger partial charge on any atom is -0.399 e. The summed E-state index contributed by atoms with van der Waals surface area (Å²) >= 11 is 0. The van der Waals surface area contributed by atoms with E-state index in [2.05, 4.69) is 48.2 Å². The molecule has 0 aliphatic carbocycles. The molecule has 2 aromatic carbocycles. The molecule has 0 saturated heterocycles. The number of nitrogens with two attached hydrogens (primary N) is 1. The number of hydrogen-bond acceptors (Lipinski definition) is 2. The zero-order valence-corrected chi connectivity index (χ0v) is 11.4. The van der Waals surface area contributed by atoms with Gasteiger partial charge in [0.15, 0.2) is 0 Å². The lowest BCUT2D eigenvalue weighted by Crippen LogP contribution is -2.18. The Balaban J connectivity index is 2.09. The highest BCUT2D eigenvalue weighted by atomic mass is 15.1. The third-order valence-corrected chi connectivity index (χ3v) is 3.87. The van der Waals surface area contributed by atoms with Crippen LogP contribution in [0.15, 0.2) is 42.5 Å². The molecular formula is C17H20N2. The van der Waals surface area contributed by atoms with E-state index in [9.17, 15) is 0 Å². The van der Waals surface area contributed by atoms with E-state index in [-0.39, 0.29) is 0 Å². The molecule has 0 fully saturated rings. The van der Waals surface area contributed by atoms with Crippen LogP contribution in [0.5, 0.6) is 0 Å². The van der Waals surface area contributed by atoms with Crippen LogP contribution in [0.1, 0.15) is 24.0 Å². The Morgan fingerprint density at radius 1 is 1.00 bits per heavy atom. The summed E-state index contributed by atoms with van der Waals surface area (Å²) in [5, 5.41) is 0. The maximum atomic E-state index is 5.86. The van der Waals surface area contributed by atoms with Gasteiger partial charge in [0.1, 0.15) is 0 Å². The normalized spacial score (nSPS) is 14.9. The molecule has 2 nitrogen and oxygen atoms in total. The van der Waals surface area contributed by atoms with E-state index in [0.717, 1.165) is 12.2 Å². The average molecular weight is 252 g/mol. The van der Waals surface area contributed by atoms with E-state index in [1.165, 1.54) is 41.8 Å². The van der Waals surface area contributed by atoms with Crippen molar-refractivity contribution in [1.29, 1.82) is 0 Å². The van der Waals surface area contributed by atoms with E-state index < -0.39 is 0 Å². The molecule has 1 heterocycles. The van der Waals surface area contributed by atoms with Gasteiger partial charge in [-0.3, -0.25) is 0 Å². The van der Waals surface area contributed by atoms with E-state index in [1.807, 2.05) is 6.07 Å². The van der Waals surface area contributed by atoms with Crippen molar-refractivity contribution in [3.8, 4) is 0 Å². The van der Waals surface area contributed by atoms with Gasteiger partial charge in [0.25, 0.3) is 0 Å². The highest BCUT2D eigenvalue weighted by Crippen LogP contribution is 2.34. The summed E-state index contributed by atoms with van der Waals surface area (Å²) < 4.78 is 0. The lowest BCUT2D eigenvalue weighted by Gasteiger charge is -2.27. The van der Waals surface area contributed by atoms with Crippen molar-refractivity contribution in [3.05, 3.63) is 53.6 Å². The molecule has 2 aromatic rings. The van der Waals surface area contributed by atoms with Gasteiger partial charge in [-0.05, 0) is 61.6 Å². The Kier molecular flexibility index (Phi) is 3.16. The van der Waals surface area contributed by atoms with Crippen LogP contribution in [0.2, 0.25) is 0 Å². The van der Waals surface area contributed by atoms with Crippen molar-refractivity contribution in [2.75, 3.05) is 17.2 Å². The number of nitrogen functional groups attached to an aromatic ring is 1. The number of nitrogens with zero attached hydrogens (tertiary/aromatic N) is 1. The first-order valence-electron chi connectivity index (χ1n) is 6.97. The van der Waals surface area contributed by atoms with Crippen LogP contribution in [0.3, 0.4) is 0 Å². The number of fused-ring (bicyclic) bond motifs is 1. The molecule has 2 N–H and O–H groups in total. The van der Waals surface area contributed by atoms with E-state index in [1.54, 1.807) is 0 Å². The summed E-state index contributed by atoms with van der Waals surface area (Å²) in [6.07, 6.45) is 3.68. The fourth-order valence-electron chi connectivity index (χ4n) is 2.92. The highest BCUT2D eigenvalue weighted by Gasteiger charge is 2.17. The Bertz CT molecular complexity index is 590. The molecule has 0 unspecified atom stereocenters. The molecule has 0 aromatic heterocycles. The molecule has 3 rings (SSSR count). The van der Waals surface area contributed by atoms with E-state index in [4.69, 9.17) is 5.73 Å². The van der Waals surface area contributed by atoms with Crippen molar-refractivity contribution in [1.82, 2.24) is 0 Å². The van der Waals surface area contributed by atoms with Gasteiger partial charge >= 0.3 is 0 Å². The standard InChI is InChI=1S/C17H20N2/c1-13-12-15(18)9-10-16(13)19-11-5-4-7-14-6-2-3-8-17(14)19/h2-3,6,8-10,12H,4-5,7,11,18H2,1H3. The first kappa shape index (κ1) is 12.1. The van der Waals surface area contributed by atoms with Crippen LogP contribution >= 0.6 is 0 Å². The van der Waals surface area contributed by atoms with Crippen molar-refractivity contribution < 1.29 is 0 Å². The summed E-state index contributed by atoms with van der Waals surface area (Å²) in [6, 6.07) is 14.9. The van der Waals surface area contributed by atoms with Gasteiger partial charge in [-0.1, -0.05) is 18.2 Å². The van der Waals surface area contributed by atoms with Crippen molar-refractivity contribution in [2.24, 2.45) is 0 Å². The van der Waals surface area contributed by atoms with Crippen LogP contribution in [0.25, 0.3) is 0 Å². The van der Waals surface area contributed by atoms with Crippen LogP contribution in [-0.4, -0.2) is 6.54 Å². The maximum Gasteiger partial charge on any atom is 0.0443 e. The maximum absolute atomic E-state index is 5.86. The summed E-state index contributed by atoms with van der Waals surface area (Å²) in [6.45, 7) is 3.22. The van der Waals surface area contributed by atoms with Crippen LogP contribution in [0.4, 0.5) is 17.1 Å². The van der Waals surface area contributed by atoms with Gasteiger partial charge in [-0.25, -0.2) is 0 Å². The van der Waals surface area contributed by atoms with Gasteiger partial charge in [0.2, 0.25) is 0 Å². The number of anilines is 3. The molecule has 0 radical (unpaired) electrons. The number of aryl methyl sites for hydroxylation is 2. The van der Waals surface area contributed by atoms with E-state index >= 15 is 0 Å². The molecule has 0 amide bonds. The third kappa shape index (κ3) is 2.30. The summed E-state index contributed by atoms with van der Waals surface area (Å²) in [5.41, 5.74) is 12.0. The highest BCUT2D eigenvalue weighted by molar-refractivity contribution is 5.71. The van der Waals surface area contributed by atoms with Gasteiger partial charge in [-0.15, -0.1) is 0 Å². The van der Waals surface area contributed by atoms with Crippen LogP contribution in [-0.2, 0) is 6.42 Å². The third-order valence-electron chi connectivity index (χ3n) is 3.87. The molecule has 0 bridgehead atoms. The van der Waals surface area contributed by atoms with Gasteiger partial charge in [0.05, 0.1) is 0 Å². The summed E-state index contributed by atoms with van der Waals surface area (Å²) in [7, 11) is 0. The summed E-state index contributed by atoms with van der Waals surface area (Å²) in [4.78, 5) is 2.44. The monoisotopic (exact) mass is 252 g/mol. The second-order valence-corrected chi connectivity index (χ2v) is 5.28. The molecule has 19 heavy (non-hydrogen) atoms. The zero-order valence-electron chi connectivity index (χ0n) is 11.4. The fourth-order valence-corrected chi connectivity index (χ4v) is 2.92. The minimum absolute atomic E-state index is 0.837. The second-order valence-electron chi connectivity index (χ2n) is 5.28. The Labute approximate surface area is 114 Å². The predicted octanol–water partition coefficient (Wildman–Crippen LogP) is 4.05. The quantitative estimate of drug-likeness (QED) is 0.776. The lowest BCUT2D eigenvalue weighted by atomic mass is 10.1. The predicted molar refractivity (Wildman–Crippen MR) is 82.0 cm³/mol. The van der Waals surface area contributed by atoms with Crippen molar-refractivity contribution >= 4 is 17.1 Å². The molecule has 1 aliphatic rings. The Morgan fingerprint density at radius 2 is 1.84 bits per heavy atom. The van der Waals surface area contributed by atoms with Crippen LogP contribution in [0, 0.1) is 6.92 Å². The number of benzene rings is 2. The fraction of sp³-hybridized carbons (Fsp3) is 0.294. The Hall–Kier alpha value is -1.96. The number of para-hydroxylation sites is 1. The lowest BCUT2D eigenvalue weighted by molar-refractivity contribution is 0.760. The summed E-state index contributed by atoms with van der Waals surface area (Å²) in [5.74, 6) is 0. The largest absolute Gasteiger partial charge is 0.399 e. The van der Waals surface area contributed by atoms with Crippen LogP contribution < -0.4 is 10.6 Å². The second kappa shape index (κ2) is 4.96. The molecule has 1 aliphatic heterocycles. The Morgan fingerprint density at radius 3 is 2.68 bits per heavy atom. The number of hydrogen-bond donors (Lipinski definition) is 1. The van der Waals surface area contributed by atoms with Gasteiger partial charge in [-0.2, -0.15) is 0 Å². The van der Waals surface area contributed by atoms with Gasteiger partial charge in [0, 0.05) is 23.6 Å². The van der Waals surface area contributed by atoms with E-state index in [0.29, 0.717) is 0 Å². The first-order chi connectivity index (χ1) is 9.25. The smallest absolute Gasteiger partial charge is 0.0443 e. The topological polar surface area (TPSA) is 29.3 Å². The zero-order chi connectivity index (χ0) is 13.2. The molecule has 0 saturated carbocycles.